The van der Waals surface area contributed by atoms with Crippen molar-refractivity contribution in [2.24, 2.45) is 10.9 Å². The molecule has 26 heavy (non-hydrogen) atoms. The predicted octanol–water partition coefficient (Wildman–Crippen LogP) is 1.75. The highest BCUT2D eigenvalue weighted by Gasteiger charge is 2.20. The van der Waals surface area contributed by atoms with Gasteiger partial charge in [-0.1, -0.05) is 19.3 Å². The van der Waals surface area contributed by atoms with Gasteiger partial charge >= 0.3 is 0 Å². The van der Waals surface area contributed by atoms with E-state index in [1.807, 2.05) is 11.6 Å². The molecule has 2 rings (SSSR count). The largest absolute Gasteiger partial charge is 0.356 e. The topological polar surface area (TPSA) is 83.3 Å². The highest BCUT2D eigenvalue weighted by Crippen LogP contribution is 2.23. The second-order valence-electron chi connectivity index (χ2n) is 7.06. The summed E-state index contributed by atoms with van der Waals surface area (Å²) in [4.78, 5) is 16.3. The fourth-order valence-electron chi connectivity index (χ4n) is 3.43. The zero-order chi connectivity index (χ0) is 18.8. The van der Waals surface area contributed by atoms with Crippen molar-refractivity contribution in [3.8, 4) is 0 Å². The number of nitrogens with one attached hydrogen (secondary N) is 3. The quantitative estimate of drug-likeness (QED) is 0.374. The zero-order valence-electron chi connectivity index (χ0n) is 16.5. The molecule has 1 heterocycles. The molecule has 1 aliphatic carbocycles. The standard InChI is InChI=1S/C19H34N6O/c1-15-14-16(2)25(24-15)13-7-10-22-19(20-3)23-12-11-21-18(26)17-8-5-4-6-9-17/h14,17H,4-13H2,1-3H3,(H,21,26)(H2,20,22,23). The highest BCUT2D eigenvalue weighted by atomic mass is 16.1. The SMILES string of the molecule is CN=C(NCCCn1nc(C)cc1C)NCCNC(=O)C1CCCCC1. The van der Waals surface area contributed by atoms with Gasteiger partial charge in [0.05, 0.1) is 5.69 Å². The Morgan fingerprint density at radius 1 is 1.15 bits per heavy atom. The highest BCUT2D eigenvalue weighted by molar-refractivity contribution is 5.80. The molecular formula is C19H34N6O. The molecule has 146 valence electrons. The van der Waals surface area contributed by atoms with Crippen LogP contribution in [0.25, 0.3) is 0 Å². The Balaban J connectivity index is 1.56. The molecule has 3 N–H and O–H groups in total. The number of nitrogens with zero attached hydrogens (tertiary/aromatic N) is 3. The molecule has 1 amide bonds. The summed E-state index contributed by atoms with van der Waals surface area (Å²) in [6.45, 7) is 7.11. The van der Waals surface area contributed by atoms with E-state index in [2.05, 4.69) is 39.0 Å². The molecule has 0 atom stereocenters. The van der Waals surface area contributed by atoms with Gasteiger partial charge in [-0.05, 0) is 39.2 Å². The molecule has 0 aliphatic heterocycles. The van der Waals surface area contributed by atoms with Crippen LogP contribution in [0.15, 0.2) is 11.1 Å². The number of amides is 1. The number of carbonyl (C=O) groups excluding carboxylic acids is 1. The van der Waals surface area contributed by atoms with Crippen LogP contribution in [0.4, 0.5) is 0 Å². The van der Waals surface area contributed by atoms with Gasteiger partial charge in [-0.2, -0.15) is 5.10 Å². The van der Waals surface area contributed by atoms with Crippen LogP contribution in [0.3, 0.4) is 0 Å². The monoisotopic (exact) mass is 362 g/mol. The third-order valence-corrected chi connectivity index (χ3v) is 4.86. The van der Waals surface area contributed by atoms with E-state index >= 15 is 0 Å². The van der Waals surface area contributed by atoms with Gasteiger partial charge in [0.25, 0.3) is 0 Å². The maximum Gasteiger partial charge on any atom is 0.223 e. The minimum Gasteiger partial charge on any atom is -0.356 e. The van der Waals surface area contributed by atoms with Gasteiger partial charge < -0.3 is 16.0 Å². The maximum atomic E-state index is 12.1. The predicted molar refractivity (Wildman–Crippen MR) is 105 cm³/mol. The third kappa shape index (κ3) is 6.69. The lowest BCUT2D eigenvalue weighted by molar-refractivity contribution is -0.125. The summed E-state index contributed by atoms with van der Waals surface area (Å²) in [5.74, 6) is 1.19. The number of aryl methyl sites for hydroxylation is 3. The van der Waals surface area contributed by atoms with Crippen molar-refractivity contribution in [2.75, 3.05) is 26.7 Å². The Bertz CT molecular complexity index is 589. The first-order chi connectivity index (χ1) is 12.6. The zero-order valence-corrected chi connectivity index (χ0v) is 16.5. The van der Waals surface area contributed by atoms with Gasteiger partial charge in [0.15, 0.2) is 5.96 Å². The van der Waals surface area contributed by atoms with Crippen molar-refractivity contribution in [1.82, 2.24) is 25.7 Å². The van der Waals surface area contributed by atoms with Crippen molar-refractivity contribution >= 4 is 11.9 Å². The van der Waals surface area contributed by atoms with E-state index in [1.165, 1.54) is 25.0 Å². The lowest BCUT2D eigenvalue weighted by Gasteiger charge is -2.21. The molecule has 0 bridgehead atoms. The number of rotatable bonds is 8. The van der Waals surface area contributed by atoms with Gasteiger partial charge in [-0.3, -0.25) is 14.5 Å². The molecule has 7 nitrogen and oxygen atoms in total. The minimum absolute atomic E-state index is 0.208. The van der Waals surface area contributed by atoms with Crippen molar-refractivity contribution in [3.05, 3.63) is 17.5 Å². The van der Waals surface area contributed by atoms with Crippen molar-refractivity contribution in [2.45, 2.75) is 58.9 Å². The number of hydrogen-bond acceptors (Lipinski definition) is 3. The van der Waals surface area contributed by atoms with E-state index in [1.54, 1.807) is 7.05 Å². The molecule has 1 aliphatic rings. The van der Waals surface area contributed by atoms with Crippen LogP contribution in [-0.4, -0.2) is 48.3 Å². The first kappa shape index (κ1) is 20.3. The van der Waals surface area contributed by atoms with Crippen molar-refractivity contribution in [1.29, 1.82) is 0 Å². The Hall–Kier alpha value is -2.05. The smallest absolute Gasteiger partial charge is 0.223 e. The molecule has 7 heteroatoms. The molecule has 1 aromatic rings. The number of hydrogen-bond donors (Lipinski definition) is 3. The molecule has 1 aromatic heterocycles. The Kier molecular flexibility index (Phi) is 8.44. The molecule has 0 unspecified atom stereocenters. The molecule has 0 spiro atoms. The number of carbonyl (C=O) groups is 1. The fraction of sp³-hybridized carbons (Fsp3) is 0.737. The summed E-state index contributed by atoms with van der Waals surface area (Å²) in [6.07, 6.45) is 6.69. The van der Waals surface area contributed by atoms with Crippen LogP contribution in [0.1, 0.15) is 49.9 Å². The molecular weight excluding hydrogens is 328 g/mol. The van der Waals surface area contributed by atoms with E-state index in [0.29, 0.717) is 13.1 Å². The summed E-state index contributed by atoms with van der Waals surface area (Å²) in [6, 6.07) is 2.09. The van der Waals surface area contributed by atoms with Gasteiger partial charge in [-0.15, -0.1) is 0 Å². The number of guanidine groups is 1. The molecule has 0 radical (unpaired) electrons. The normalized spacial score (nSPS) is 15.7. The second kappa shape index (κ2) is 10.8. The van der Waals surface area contributed by atoms with E-state index < -0.39 is 0 Å². The summed E-state index contributed by atoms with van der Waals surface area (Å²) in [7, 11) is 1.76. The Labute approximate surface area is 157 Å². The summed E-state index contributed by atoms with van der Waals surface area (Å²) in [5, 5.41) is 14.0. The van der Waals surface area contributed by atoms with E-state index in [-0.39, 0.29) is 11.8 Å². The van der Waals surface area contributed by atoms with Crippen molar-refractivity contribution in [3.63, 3.8) is 0 Å². The lowest BCUT2D eigenvalue weighted by atomic mass is 9.89. The van der Waals surface area contributed by atoms with E-state index in [9.17, 15) is 4.79 Å². The summed E-state index contributed by atoms with van der Waals surface area (Å²) >= 11 is 0. The average molecular weight is 363 g/mol. The first-order valence-corrected chi connectivity index (χ1v) is 9.83. The molecule has 1 saturated carbocycles. The average Bonchev–Trinajstić information content (AvgIpc) is 2.98. The number of aromatic nitrogens is 2. The van der Waals surface area contributed by atoms with Gasteiger partial charge in [0, 0.05) is 44.8 Å². The van der Waals surface area contributed by atoms with Gasteiger partial charge in [-0.25, -0.2) is 0 Å². The van der Waals surface area contributed by atoms with Crippen LogP contribution in [-0.2, 0) is 11.3 Å². The van der Waals surface area contributed by atoms with Crippen molar-refractivity contribution < 1.29 is 4.79 Å². The van der Waals surface area contributed by atoms with Crippen LogP contribution >= 0.6 is 0 Å². The first-order valence-electron chi connectivity index (χ1n) is 9.83. The van der Waals surface area contributed by atoms with Crippen LogP contribution in [0.2, 0.25) is 0 Å². The molecule has 0 saturated heterocycles. The van der Waals surface area contributed by atoms with E-state index in [4.69, 9.17) is 0 Å². The van der Waals surface area contributed by atoms with Crippen LogP contribution in [0, 0.1) is 19.8 Å². The van der Waals surface area contributed by atoms with Crippen LogP contribution < -0.4 is 16.0 Å². The maximum absolute atomic E-state index is 12.1. The summed E-state index contributed by atoms with van der Waals surface area (Å²) < 4.78 is 2.04. The van der Waals surface area contributed by atoms with E-state index in [0.717, 1.165) is 44.0 Å². The molecule has 1 fully saturated rings. The Morgan fingerprint density at radius 2 is 1.85 bits per heavy atom. The fourth-order valence-corrected chi connectivity index (χ4v) is 3.43. The molecule has 0 aromatic carbocycles. The summed E-state index contributed by atoms with van der Waals surface area (Å²) in [5.41, 5.74) is 2.25. The van der Waals surface area contributed by atoms with Gasteiger partial charge in [0.1, 0.15) is 0 Å². The lowest BCUT2D eigenvalue weighted by Crippen LogP contribution is -2.43. The third-order valence-electron chi connectivity index (χ3n) is 4.86. The Morgan fingerprint density at radius 3 is 2.50 bits per heavy atom. The minimum atomic E-state index is 0.208. The van der Waals surface area contributed by atoms with Crippen LogP contribution in [0.5, 0.6) is 0 Å². The van der Waals surface area contributed by atoms with Gasteiger partial charge in [0.2, 0.25) is 5.91 Å². The second-order valence-corrected chi connectivity index (χ2v) is 7.06. The number of aliphatic imine (C=N–C) groups is 1.